The Morgan fingerprint density at radius 1 is 1.53 bits per heavy atom. The minimum absolute atomic E-state index is 0.228. The van der Waals surface area contributed by atoms with Crippen LogP contribution in [-0.4, -0.2) is 16.8 Å². The summed E-state index contributed by atoms with van der Waals surface area (Å²) in [4.78, 5) is 10.5. The van der Waals surface area contributed by atoms with Gasteiger partial charge in [-0.25, -0.2) is 4.39 Å². The van der Waals surface area contributed by atoms with E-state index in [0.29, 0.717) is 16.9 Å². The van der Waals surface area contributed by atoms with Crippen LogP contribution in [0.2, 0.25) is 0 Å². The van der Waals surface area contributed by atoms with Gasteiger partial charge in [0.05, 0.1) is 12.2 Å². The summed E-state index contributed by atoms with van der Waals surface area (Å²) in [5.74, 6) is 4.35. The van der Waals surface area contributed by atoms with Gasteiger partial charge in [0.1, 0.15) is 5.82 Å². The third kappa shape index (κ3) is 3.64. The minimum Gasteiger partial charge on any atom is -0.481 e. The normalized spacial score (nSPS) is 9.20. The number of benzene rings is 1. The Hall–Kier alpha value is -1.47. The molecular weight excluding hydrogens is 215 g/mol. The second kappa shape index (κ2) is 5.42. The number of carbonyl (C=O) groups is 1. The molecule has 0 radical (unpaired) electrons. The van der Waals surface area contributed by atoms with Crippen molar-refractivity contribution in [2.45, 2.75) is 6.42 Å². The van der Waals surface area contributed by atoms with Crippen LogP contribution in [0.15, 0.2) is 18.2 Å². The molecule has 1 N–H and O–H groups in total. The highest BCUT2D eigenvalue weighted by molar-refractivity contribution is 7.80. The van der Waals surface area contributed by atoms with Gasteiger partial charge in [-0.3, -0.25) is 4.79 Å². The fraction of sp³-hybridized carbons (Fsp3) is 0.182. The Bertz CT molecular complexity index is 432. The second-order valence-corrected chi connectivity index (χ2v) is 3.15. The summed E-state index contributed by atoms with van der Waals surface area (Å²) >= 11 is 3.91. The Labute approximate surface area is 92.5 Å². The highest BCUT2D eigenvalue weighted by Crippen LogP contribution is 2.11. The first-order chi connectivity index (χ1) is 7.13. The Kier molecular flexibility index (Phi) is 4.19. The first-order valence-electron chi connectivity index (χ1n) is 4.23. The molecule has 0 atom stereocenters. The summed E-state index contributed by atoms with van der Waals surface area (Å²) in [5.41, 5.74) is 0.921. The lowest BCUT2D eigenvalue weighted by Gasteiger charge is -2.01. The van der Waals surface area contributed by atoms with Gasteiger partial charge in [-0.2, -0.15) is 12.6 Å². The molecule has 0 aliphatic rings. The lowest BCUT2D eigenvalue weighted by molar-refractivity contribution is -0.136. The molecule has 1 rings (SSSR count). The Morgan fingerprint density at radius 2 is 2.27 bits per heavy atom. The van der Waals surface area contributed by atoms with Crippen molar-refractivity contribution in [3.63, 3.8) is 0 Å². The fourth-order valence-electron chi connectivity index (χ4n) is 1.13. The maximum atomic E-state index is 12.9. The number of hydrogen-bond donors (Lipinski definition) is 2. The first-order valence-corrected chi connectivity index (χ1v) is 4.86. The maximum Gasteiger partial charge on any atom is 0.307 e. The first kappa shape index (κ1) is 11.6. The molecule has 0 fully saturated rings. The third-order valence-electron chi connectivity index (χ3n) is 1.71. The van der Waals surface area contributed by atoms with E-state index in [1.807, 2.05) is 0 Å². The zero-order valence-electron chi connectivity index (χ0n) is 7.83. The van der Waals surface area contributed by atoms with Gasteiger partial charge < -0.3 is 5.11 Å². The van der Waals surface area contributed by atoms with Crippen LogP contribution < -0.4 is 0 Å². The molecule has 0 saturated heterocycles. The van der Waals surface area contributed by atoms with E-state index in [-0.39, 0.29) is 6.42 Å². The Balaban J connectivity index is 3.08. The van der Waals surface area contributed by atoms with E-state index in [0.717, 1.165) is 0 Å². The van der Waals surface area contributed by atoms with E-state index >= 15 is 0 Å². The van der Waals surface area contributed by atoms with E-state index in [1.165, 1.54) is 18.2 Å². The highest BCUT2D eigenvalue weighted by atomic mass is 32.1. The minimum atomic E-state index is -1.01. The number of rotatable bonds is 2. The maximum absolute atomic E-state index is 12.9. The van der Waals surface area contributed by atoms with Gasteiger partial charge in [0, 0.05) is 5.56 Å². The van der Waals surface area contributed by atoms with Gasteiger partial charge >= 0.3 is 5.97 Å². The predicted molar refractivity (Wildman–Crippen MR) is 58.5 cm³/mol. The average molecular weight is 224 g/mol. The predicted octanol–water partition coefficient (Wildman–Crippen LogP) is 1.73. The second-order valence-electron chi connectivity index (χ2n) is 2.83. The molecule has 0 unspecified atom stereocenters. The summed E-state index contributed by atoms with van der Waals surface area (Å²) in [6.45, 7) is 0. The number of aliphatic carboxylic acids is 1. The number of hydrogen-bond acceptors (Lipinski definition) is 2. The molecule has 1 aromatic rings. The molecule has 0 amide bonds. The van der Waals surface area contributed by atoms with Crippen LogP contribution in [0.1, 0.15) is 11.1 Å². The van der Waals surface area contributed by atoms with Crippen LogP contribution in [0.5, 0.6) is 0 Å². The lowest BCUT2D eigenvalue weighted by Crippen LogP contribution is -2.02. The standard InChI is InChI=1S/C11H9FO2S/c12-10-4-3-8(2-1-5-15)9(6-10)7-11(13)14/h3-4,6,15H,5,7H2,(H,13,14). The van der Waals surface area contributed by atoms with Crippen molar-refractivity contribution in [1.82, 2.24) is 0 Å². The smallest absolute Gasteiger partial charge is 0.307 e. The SMILES string of the molecule is O=C(O)Cc1cc(F)ccc1C#CCS. The lowest BCUT2D eigenvalue weighted by atomic mass is 10.0. The highest BCUT2D eigenvalue weighted by Gasteiger charge is 2.06. The molecule has 0 bridgehead atoms. The number of carboxylic acid groups (broad SMARTS) is 1. The zero-order valence-corrected chi connectivity index (χ0v) is 8.72. The summed E-state index contributed by atoms with van der Waals surface area (Å²) in [6.07, 6.45) is -0.228. The largest absolute Gasteiger partial charge is 0.481 e. The molecule has 0 aromatic heterocycles. The monoisotopic (exact) mass is 224 g/mol. The van der Waals surface area contributed by atoms with Crippen molar-refractivity contribution in [2.75, 3.05) is 5.75 Å². The summed E-state index contributed by atoms with van der Waals surface area (Å²) in [7, 11) is 0. The number of carboxylic acids is 1. The van der Waals surface area contributed by atoms with Crippen molar-refractivity contribution < 1.29 is 14.3 Å². The van der Waals surface area contributed by atoms with E-state index in [4.69, 9.17) is 5.11 Å². The van der Waals surface area contributed by atoms with Gasteiger partial charge in [0.2, 0.25) is 0 Å². The molecule has 15 heavy (non-hydrogen) atoms. The van der Waals surface area contributed by atoms with Gasteiger partial charge in [0.15, 0.2) is 0 Å². The fourth-order valence-corrected chi connectivity index (χ4v) is 1.21. The molecular formula is C11H9FO2S. The Morgan fingerprint density at radius 3 is 2.87 bits per heavy atom. The molecule has 0 aliphatic heterocycles. The van der Waals surface area contributed by atoms with E-state index in [1.54, 1.807) is 0 Å². The third-order valence-corrected chi connectivity index (χ3v) is 1.87. The van der Waals surface area contributed by atoms with Gasteiger partial charge in [-0.05, 0) is 23.8 Å². The molecule has 0 aliphatic carbocycles. The molecule has 1 aromatic carbocycles. The quantitative estimate of drug-likeness (QED) is 0.593. The summed E-state index contributed by atoms with van der Waals surface area (Å²) in [6, 6.07) is 3.93. The van der Waals surface area contributed by atoms with Crippen LogP contribution in [0.3, 0.4) is 0 Å². The van der Waals surface area contributed by atoms with Crippen LogP contribution in [0, 0.1) is 17.7 Å². The summed E-state index contributed by atoms with van der Waals surface area (Å²) in [5, 5.41) is 8.62. The molecule has 0 saturated carbocycles. The van der Waals surface area contributed by atoms with Crippen molar-refractivity contribution in [2.24, 2.45) is 0 Å². The molecule has 0 heterocycles. The number of halogens is 1. The topological polar surface area (TPSA) is 37.3 Å². The van der Waals surface area contributed by atoms with Crippen molar-refractivity contribution in [3.05, 3.63) is 35.1 Å². The van der Waals surface area contributed by atoms with Gasteiger partial charge in [-0.1, -0.05) is 11.8 Å². The number of thiol groups is 1. The van der Waals surface area contributed by atoms with E-state index in [2.05, 4.69) is 24.5 Å². The van der Waals surface area contributed by atoms with Gasteiger partial charge in [-0.15, -0.1) is 0 Å². The van der Waals surface area contributed by atoms with Crippen LogP contribution in [0.4, 0.5) is 4.39 Å². The molecule has 2 nitrogen and oxygen atoms in total. The zero-order chi connectivity index (χ0) is 11.3. The van der Waals surface area contributed by atoms with Crippen LogP contribution in [-0.2, 0) is 11.2 Å². The average Bonchev–Trinajstić information content (AvgIpc) is 2.16. The summed E-state index contributed by atoms with van der Waals surface area (Å²) < 4.78 is 12.9. The van der Waals surface area contributed by atoms with Crippen LogP contribution in [0.25, 0.3) is 0 Å². The van der Waals surface area contributed by atoms with E-state index in [9.17, 15) is 9.18 Å². The van der Waals surface area contributed by atoms with Gasteiger partial charge in [0.25, 0.3) is 0 Å². The molecule has 4 heteroatoms. The van der Waals surface area contributed by atoms with Crippen molar-refractivity contribution in [1.29, 1.82) is 0 Å². The van der Waals surface area contributed by atoms with Crippen molar-refractivity contribution in [3.8, 4) is 11.8 Å². The molecule has 78 valence electrons. The van der Waals surface area contributed by atoms with Crippen LogP contribution >= 0.6 is 12.6 Å². The van der Waals surface area contributed by atoms with Crippen molar-refractivity contribution >= 4 is 18.6 Å². The van der Waals surface area contributed by atoms with E-state index < -0.39 is 11.8 Å². The molecule has 0 spiro atoms.